The van der Waals surface area contributed by atoms with E-state index in [4.69, 9.17) is 4.43 Å². The lowest BCUT2D eigenvalue weighted by Gasteiger charge is -2.36. The van der Waals surface area contributed by atoms with Crippen LogP contribution in [0.5, 0.6) is 0 Å². The Morgan fingerprint density at radius 2 is 1.94 bits per heavy atom. The van der Waals surface area contributed by atoms with Crippen LogP contribution in [-0.4, -0.2) is 26.1 Å². The minimum atomic E-state index is -1.70. The van der Waals surface area contributed by atoms with Gasteiger partial charge in [-0.15, -0.1) is 6.58 Å². The van der Waals surface area contributed by atoms with Crippen LogP contribution >= 0.6 is 0 Å². The molecule has 17 heavy (non-hydrogen) atoms. The van der Waals surface area contributed by atoms with Crippen LogP contribution in [-0.2, 0) is 4.43 Å². The van der Waals surface area contributed by atoms with Crippen LogP contribution in [0.3, 0.4) is 0 Å². The van der Waals surface area contributed by atoms with Gasteiger partial charge < -0.3 is 9.53 Å². The van der Waals surface area contributed by atoms with Crippen LogP contribution in [0.2, 0.25) is 18.1 Å². The van der Waals surface area contributed by atoms with Gasteiger partial charge in [-0.1, -0.05) is 39.0 Å². The van der Waals surface area contributed by atoms with Gasteiger partial charge >= 0.3 is 0 Å². The lowest BCUT2D eigenvalue weighted by molar-refractivity contribution is 0.173. The van der Waals surface area contributed by atoms with Crippen molar-refractivity contribution >= 4 is 8.32 Å². The van der Waals surface area contributed by atoms with Crippen molar-refractivity contribution in [1.82, 2.24) is 0 Å². The number of aliphatic hydroxyl groups is 1. The molecule has 0 radical (unpaired) electrons. The highest BCUT2D eigenvalue weighted by atomic mass is 28.4. The molecule has 0 aliphatic rings. The Labute approximate surface area is 108 Å². The summed E-state index contributed by atoms with van der Waals surface area (Å²) in [6, 6.07) is 0. The molecule has 0 heterocycles. The summed E-state index contributed by atoms with van der Waals surface area (Å²) in [6.07, 6.45) is 2.56. The first-order valence-corrected chi connectivity index (χ1v) is 9.10. The first-order chi connectivity index (χ1) is 7.60. The van der Waals surface area contributed by atoms with Gasteiger partial charge in [0.25, 0.3) is 0 Å². The Hall–Kier alpha value is -0.383. The van der Waals surface area contributed by atoms with Crippen LogP contribution in [0.1, 0.15) is 33.6 Å². The first-order valence-electron chi connectivity index (χ1n) is 6.19. The van der Waals surface area contributed by atoms with Crippen LogP contribution in [0.15, 0.2) is 24.8 Å². The molecule has 100 valence electrons. The largest absolute Gasteiger partial charge is 0.413 e. The van der Waals surface area contributed by atoms with Crippen molar-refractivity contribution in [2.24, 2.45) is 0 Å². The van der Waals surface area contributed by atoms with Crippen LogP contribution < -0.4 is 0 Å². The van der Waals surface area contributed by atoms with E-state index in [9.17, 15) is 5.11 Å². The van der Waals surface area contributed by atoms with Gasteiger partial charge in [-0.3, -0.25) is 0 Å². The maximum Gasteiger partial charge on any atom is 0.192 e. The molecular formula is C14H28O2Si. The molecular weight excluding hydrogens is 228 g/mol. The summed E-state index contributed by atoms with van der Waals surface area (Å²) in [5, 5.41) is 9.85. The van der Waals surface area contributed by atoms with Crippen molar-refractivity contribution in [3.05, 3.63) is 24.8 Å². The molecule has 0 aromatic carbocycles. The minimum absolute atomic E-state index is 0.215. The molecule has 0 aromatic rings. The molecule has 0 saturated carbocycles. The molecule has 0 fully saturated rings. The highest BCUT2D eigenvalue weighted by molar-refractivity contribution is 6.74. The van der Waals surface area contributed by atoms with Gasteiger partial charge in [-0.05, 0) is 31.0 Å². The van der Waals surface area contributed by atoms with E-state index in [0.29, 0.717) is 19.4 Å². The Balaban J connectivity index is 4.12. The predicted octanol–water partition coefficient (Wildman–Crippen LogP) is 3.89. The van der Waals surface area contributed by atoms with Crippen molar-refractivity contribution in [1.29, 1.82) is 0 Å². The summed E-state index contributed by atoms with van der Waals surface area (Å²) in [4.78, 5) is 0. The van der Waals surface area contributed by atoms with Gasteiger partial charge in [0, 0.05) is 0 Å². The molecule has 1 N–H and O–H groups in total. The third kappa shape index (κ3) is 6.20. The second kappa shape index (κ2) is 6.52. The van der Waals surface area contributed by atoms with E-state index in [1.807, 2.05) is 0 Å². The zero-order valence-electron chi connectivity index (χ0n) is 12.0. The predicted molar refractivity (Wildman–Crippen MR) is 77.7 cm³/mol. The highest BCUT2D eigenvalue weighted by Crippen LogP contribution is 2.36. The zero-order valence-corrected chi connectivity index (χ0v) is 13.0. The number of rotatable bonds is 7. The molecule has 3 heteroatoms. The van der Waals surface area contributed by atoms with Gasteiger partial charge in [-0.2, -0.15) is 0 Å². The third-order valence-electron chi connectivity index (χ3n) is 3.41. The third-order valence-corrected chi connectivity index (χ3v) is 7.88. The molecule has 0 rings (SSSR count). The van der Waals surface area contributed by atoms with Crippen molar-refractivity contribution < 1.29 is 9.53 Å². The lowest BCUT2D eigenvalue weighted by atomic mass is 10.1. The summed E-state index contributed by atoms with van der Waals surface area (Å²) in [7, 11) is -1.70. The Morgan fingerprint density at radius 1 is 1.41 bits per heavy atom. The Kier molecular flexibility index (Phi) is 6.38. The van der Waals surface area contributed by atoms with Gasteiger partial charge in [0.15, 0.2) is 8.32 Å². The van der Waals surface area contributed by atoms with E-state index >= 15 is 0 Å². The fraction of sp³-hybridized carbons (Fsp3) is 0.714. The van der Waals surface area contributed by atoms with E-state index in [1.165, 1.54) is 0 Å². The average Bonchev–Trinajstić information content (AvgIpc) is 2.13. The van der Waals surface area contributed by atoms with E-state index in [0.717, 1.165) is 5.57 Å². The molecule has 2 nitrogen and oxygen atoms in total. The molecule has 1 atom stereocenters. The number of hydrogen-bond donors (Lipinski definition) is 1. The Bertz CT molecular complexity index is 264. The maximum absolute atomic E-state index is 9.63. The summed E-state index contributed by atoms with van der Waals surface area (Å²) >= 11 is 0. The van der Waals surface area contributed by atoms with Crippen molar-refractivity contribution in [2.75, 3.05) is 6.61 Å². The molecule has 0 aromatic heterocycles. The van der Waals surface area contributed by atoms with Gasteiger partial charge in [0.2, 0.25) is 0 Å². The van der Waals surface area contributed by atoms with E-state index in [2.05, 4.69) is 47.0 Å². The van der Waals surface area contributed by atoms with E-state index in [1.54, 1.807) is 6.08 Å². The smallest absolute Gasteiger partial charge is 0.192 e. The molecule has 0 spiro atoms. The summed E-state index contributed by atoms with van der Waals surface area (Å²) < 4.78 is 6.04. The maximum atomic E-state index is 9.63. The van der Waals surface area contributed by atoms with Crippen LogP contribution in [0.25, 0.3) is 0 Å². The molecule has 0 aliphatic carbocycles. The zero-order chi connectivity index (χ0) is 13.7. The van der Waals surface area contributed by atoms with Gasteiger partial charge in [0.05, 0.1) is 12.7 Å². The lowest BCUT2D eigenvalue weighted by Crippen LogP contribution is -2.41. The van der Waals surface area contributed by atoms with E-state index in [-0.39, 0.29) is 11.1 Å². The van der Waals surface area contributed by atoms with Crippen LogP contribution in [0.4, 0.5) is 0 Å². The quantitative estimate of drug-likeness (QED) is 0.553. The second-order valence-electron chi connectivity index (χ2n) is 6.18. The topological polar surface area (TPSA) is 29.5 Å². The molecule has 0 bridgehead atoms. The van der Waals surface area contributed by atoms with Gasteiger partial charge in [-0.25, -0.2) is 0 Å². The molecule has 0 amide bonds. The second-order valence-corrected chi connectivity index (χ2v) is 11.0. The number of aliphatic hydroxyl groups excluding tert-OH is 1. The fourth-order valence-electron chi connectivity index (χ4n) is 1.17. The highest BCUT2D eigenvalue weighted by Gasteiger charge is 2.37. The molecule has 0 unspecified atom stereocenters. The van der Waals surface area contributed by atoms with E-state index < -0.39 is 8.32 Å². The normalized spacial score (nSPS) is 14.5. The summed E-state index contributed by atoms with van der Waals surface area (Å²) in [6.45, 7) is 19.2. The summed E-state index contributed by atoms with van der Waals surface area (Å²) in [5.41, 5.74) is 0.962. The van der Waals surface area contributed by atoms with Crippen molar-refractivity contribution in [2.45, 2.75) is 57.8 Å². The summed E-state index contributed by atoms with van der Waals surface area (Å²) in [5.74, 6) is 0. The molecule has 0 aliphatic heterocycles. The monoisotopic (exact) mass is 256 g/mol. The standard InChI is InChI=1S/C14H28O2Si/c1-8-9-13(15)10-12(2)11-16-17(6,7)14(3,4)5/h8,13,15H,1-2,9-11H2,3-7H3/t13-/m0/s1. The van der Waals surface area contributed by atoms with Crippen molar-refractivity contribution in [3.63, 3.8) is 0 Å². The van der Waals surface area contributed by atoms with Crippen LogP contribution in [0, 0.1) is 0 Å². The van der Waals surface area contributed by atoms with Gasteiger partial charge in [0.1, 0.15) is 0 Å². The number of hydrogen-bond acceptors (Lipinski definition) is 2. The fourth-order valence-corrected chi connectivity index (χ4v) is 2.16. The Morgan fingerprint density at radius 3 is 2.35 bits per heavy atom. The SMILES string of the molecule is C=CC[C@H](O)CC(=C)CO[Si](C)(C)C(C)(C)C. The average molecular weight is 256 g/mol. The first kappa shape index (κ1) is 16.6. The molecule has 0 saturated heterocycles. The minimum Gasteiger partial charge on any atom is -0.413 e. The van der Waals surface area contributed by atoms with Crippen molar-refractivity contribution in [3.8, 4) is 0 Å².